The Bertz CT molecular complexity index is 1440. The lowest BCUT2D eigenvalue weighted by Gasteiger charge is -2.29. The molecule has 1 unspecified atom stereocenters. The fourth-order valence-corrected chi connectivity index (χ4v) is 4.26. The van der Waals surface area contributed by atoms with Crippen molar-refractivity contribution in [1.29, 1.82) is 0 Å². The second-order valence-electron chi connectivity index (χ2n) is 9.03. The van der Waals surface area contributed by atoms with Crippen LogP contribution >= 0.6 is 0 Å². The summed E-state index contributed by atoms with van der Waals surface area (Å²) in [4.78, 5) is 13.7. The SMILES string of the molecule is COc1cc2c(cc1O)-c1oc3c4c(cc(O)c3c(=O)c1C(C=C(C)C)O2)OC(C)(C)C=C4. The Balaban J connectivity index is 1.90. The summed E-state index contributed by atoms with van der Waals surface area (Å²) < 4.78 is 23.7. The van der Waals surface area contributed by atoms with Gasteiger partial charge in [0, 0.05) is 12.1 Å². The summed E-state index contributed by atoms with van der Waals surface area (Å²) in [5, 5.41) is 21.2. The van der Waals surface area contributed by atoms with Gasteiger partial charge in [-0.2, -0.15) is 0 Å². The molecule has 2 aromatic carbocycles. The molecule has 3 heterocycles. The molecule has 2 aliphatic heterocycles. The normalized spacial score (nSPS) is 17.3. The summed E-state index contributed by atoms with van der Waals surface area (Å²) in [6, 6.07) is 4.45. The minimum absolute atomic E-state index is 0.0531. The molecule has 0 saturated heterocycles. The van der Waals surface area contributed by atoms with Gasteiger partial charge in [0.15, 0.2) is 17.1 Å². The van der Waals surface area contributed by atoms with Crippen LogP contribution in [0.1, 0.15) is 44.9 Å². The van der Waals surface area contributed by atoms with Crippen LogP contribution in [0.2, 0.25) is 0 Å². The summed E-state index contributed by atoms with van der Waals surface area (Å²) in [5.41, 5.74) is 1.39. The van der Waals surface area contributed by atoms with Gasteiger partial charge in [0.05, 0.1) is 23.8 Å². The number of ether oxygens (including phenoxy) is 3. The summed E-state index contributed by atoms with van der Waals surface area (Å²) in [5.74, 6) is 0.985. The molecule has 0 spiro atoms. The van der Waals surface area contributed by atoms with Crippen molar-refractivity contribution in [3.63, 3.8) is 0 Å². The Morgan fingerprint density at radius 3 is 2.58 bits per heavy atom. The molecule has 0 amide bonds. The Morgan fingerprint density at radius 2 is 1.88 bits per heavy atom. The Morgan fingerprint density at radius 1 is 1.12 bits per heavy atom. The highest BCUT2D eigenvalue weighted by atomic mass is 16.5. The summed E-state index contributed by atoms with van der Waals surface area (Å²) in [6.45, 7) is 7.58. The minimum Gasteiger partial charge on any atom is -0.507 e. The van der Waals surface area contributed by atoms with Crippen LogP contribution in [0.15, 0.2) is 45.1 Å². The van der Waals surface area contributed by atoms with Crippen LogP contribution in [0, 0.1) is 0 Å². The molecule has 2 aliphatic rings. The van der Waals surface area contributed by atoms with Gasteiger partial charge in [-0.15, -0.1) is 0 Å². The maximum absolute atomic E-state index is 13.7. The number of phenols is 2. The van der Waals surface area contributed by atoms with Crippen LogP contribution < -0.4 is 19.6 Å². The first-order valence-corrected chi connectivity index (χ1v) is 10.6. The van der Waals surface area contributed by atoms with Crippen LogP contribution in [0.4, 0.5) is 0 Å². The first kappa shape index (κ1) is 21.0. The quantitative estimate of drug-likeness (QED) is 0.502. The van der Waals surface area contributed by atoms with Crippen molar-refractivity contribution >= 4 is 17.0 Å². The molecule has 5 rings (SSSR count). The Kier molecular flexibility index (Phi) is 4.50. The maximum Gasteiger partial charge on any atom is 0.204 e. The average molecular weight is 448 g/mol. The highest BCUT2D eigenvalue weighted by Crippen LogP contribution is 2.49. The molecule has 7 heteroatoms. The van der Waals surface area contributed by atoms with E-state index in [0.717, 1.165) is 5.57 Å². The van der Waals surface area contributed by atoms with Crippen molar-refractivity contribution in [2.24, 2.45) is 0 Å². The van der Waals surface area contributed by atoms with Gasteiger partial charge in [-0.3, -0.25) is 4.79 Å². The van der Waals surface area contributed by atoms with Crippen LogP contribution in [0.3, 0.4) is 0 Å². The predicted octanol–water partition coefficient (Wildman–Crippen LogP) is 5.46. The first-order chi connectivity index (χ1) is 15.6. The van der Waals surface area contributed by atoms with E-state index < -0.39 is 17.1 Å². The summed E-state index contributed by atoms with van der Waals surface area (Å²) in [7, 11) is 1.45. The Hall–Kier alpha value is -3.87. The largest absolute Gasteiger partial charge is 0.507 e. The van der Waals surface area contributed by atoms with E-state index in [0.29, 0.717) is 22.6 Å². The predicted molar refractivity (Wildman–Crippen MR) is 124 cm³/mol. The van der Waals surface area contributed by atoms with Crippen molar-refractivity contribution in [2.75, 3.05) is 7.11 Å². The number of fused-ring (bicyclic) bond motifs is 6. The van der Waals surface area contributed by atoms with Gasteiger partial charge in [-0.05, 0) is 52.0 Å². The van der Waals surface area contributed by atoms with Crippen molar-refractivity contribution in [2.45, 2.75) is 39.4 Å². The lowest BCUT2D eigenvalue weighted by Crippen LogP contribution is -2.28. The third-order valence-electron chi connectivity index (χ3n) is 5.75. The second-order valence-corrected chi connectivity index (χ2v) is 9.03. The molecule has 0 saturated carbocycles. The number of phenolic OH excluding ortho intramolecular Hbond substituents is 2. The van der Waals surface area contributed by atoms with E-state index in [1.807, 2.05) is 45.9 Å². The second kappa shape index (κ2) is 7.07. The van der Waals surface area contributed by atoms with E-state index in [9.17, 15) is 15.0 Å². The molecular formula is C26H24O7. The van der Waals surface area contributed by atoms with Gasteiger partial charge in [0.1, 0.15) is 40.1 Å². The number of aromatic hydroxyl groups is 2. The number of rotatable bonds is 2. The third kappa shape index (κ3) is 3.23. The average Bonchev–Trinajstić information content (AvgIpc) is 2.72. The van der Waals surface area contributed by atoms with Gasteiger partial charge in [-0.1, -0.05) is 5.57 Å². The van der Waals surface area contributed by atoms with Gasteiger partial charge >= 0.3 is 0 Å². The molecule has 3 aromatic rings. The van der Waals surface area contributed by atoms with E-state index >= 15 is 0 Å². The molecule has 0 bridgehead atoms. The topological polar surface area (TPSA) is 98.4 Å². The zero-order valence-electron chi connectivity index (χ0n) is 19.0. The zero-order valence-corrected chi connectivity index (χ0v) is 19.0. The zero-order chi connectivity index (χ0) is 23.7. The highest BCUT2D eigenvalue weighted by molar-refractivity contribution is 5.95. The standard InChI is InChI=1S/C26H24O7/c1-12(2)8-20-22-23(29)21-16(28)10-18-13(6-7-26(3,4)33-18)24(21)32-25(22)14-9-15(27)19(30-5)11-17(14)31-20/h6-11,20,27-28H,1-5H3. The van der Waals surface area contributed by atoms with Gasteiger partial charge in [0.2, 0.25) is 5.43 Å². The van der Waals surface area contributed by atoms with E-state index in [1.165, 1.54) is 19.2 Å². The lowest BCUT2D eigenvalue weighted by molar-refractivity contribution is 0.158. The third-order valence-corrected chi connectivity index (χ3v) is 5.75. The first-order valence-electron chi connectivity index (χ1n) is 10.6. The smallest absolute Gasteiger partial charge is 0.204 e. The molecule has 0 aliphatic carbocycles. The molecule has 170 valence electrons. The van der Waals surface area contributed by atoms with E-state index in [-0.39, 0.29) is 39.5 Å². The molecule has 2 N–H and O–H groups in total. The molecule has 0 fully saturated rings. The van der Waals surface area contributed by atoms with Crippen LogP contribution in [0.5, 0.6) is 28.7 Å². The van der Waals surface area contributed by atoms with Crippen LogP contribution in [-0.4, -0.2) is 22.9 Å². The maximum atomic E-state index is 13.7. The summed E-state index contributed by atoms with van der Waals surface area (Å²) >= 11 is 0. The number of benzene rings is 2. The molecule has 1 aromatic heterocycles. The number of hydrogen-bond donors (Lipinski definition) is 2. The van der Waals surface area contributed by atoms with Gasteiger partial charge in [-0.25, -0.2) is 0 Å². The molecule has 0 radical (unpaired) electrons. The van der Waals surface area contributed by atoms with Crippen LogP contribution in [-0.2, 0) is 0 Å². The van der Waals surface area contributed by atoms with Crippen molar-refractivity contribution in [1.82, 2.24) is 0 Å². The fourth-order valence-electron chi connectivity index (χ4n) is 4.26. The lowest BCUT2D eigenvalue weighted by atomic mass is 9.93. The van der Waals surface area contributed by atoms with Crippen molar-refractivity contribution < 1.29 is 28.8 Å². The number of methoxy groups -OCH3 is 1. The monoisotopic (exact) mass is 448 g/mol. The Labute approximate surface area is 190 Å². The highest BCUT2D eigenvalue weighted by Gasteiger charge is 2.34. The molecule has 33 heavy (non-hydrogen) atoms. The van der Waals surface area contributed by atoms with Crippen molar-refractivity contribution in [3.05, 3.63) is 57.3 Å². The molecular weight excluding hydrogens is 424 g/mol. The fraction of sp³-hybridized carbons (Fsp3) is 0.269. The molecule has 1 atom stereocenters. The number of allylic oxidation sites excluding steroid dienone is 1. The van der Waals surface area contributed by atoms with Gasteiger partial charge < -0.3 is 28.8 Å². The molecule has 7 nitrogen and oxygen atoms in total. The van der Waals surface area contributed by atoms with Crippen molar-refractivity contribution in [3.8, 4) is 40.1 Å². The van der Waals surface area contributed by atoms with E-state index in [2.05, 4.69) is 0 Å². The minimum atomic E-state index is -0.742. The summed E-state index contributed by atoms with van der Waals surface area (Å²) in [6.07, 6.45) is 4.76. The number of hydrogen-bond acceptors (Lipinski definition) is 7. The van der Waals surface area contributed by atoms with E-state index in [1.54, 1.807) is 6.07 Å². The van der Waals surface area contributed by atoms with Crippen LogP contribution in [0.25, 0.3) is 28.4 Å². The van der Waals surface area contributed by atoms with Gasteiger partial charge in [0.25, 0.3) is 0 Å². The van der Waals surface area contributed by atoms with E-state index in [4.69, 9.17) is 18.6 Å².